The van der Waals surface area contributed by atoms with Crippen LogP contribution in [0.4, 0.5) is 0 Å². The van der Waals surface area contributed by atoms with Crippen molar-refractivity contribution < 1.29 is 0 Å². The quantitative estimate of drug-likeness (QED) is 0.791. The van der Waals surface area contributed by atoms with E-state index in [9.17, 15) is 0 Å². The first-order valence-electron chi connectivity index (χ1n) is 8.16. The molecule has 0 bridgehead atoms. The van der Waals surface area contributed by atoms with Gasteiger partial charge < -0.3 is 5.73 Å². The molecule has 0 radical (unpaired) electrons. The minimum absolute atomic E-state index is 0.246. The van der Waals surface area contributed by atoms with Crippen LogP contribution < -0.4 is 5.73 Å². The smallest absolute Gasteiger partial charge is 0.0337 e. The van der Waals surface area contributed by atoms with Crippen molar-refractivity contribution >= 4 is 0 Å². The molecule has 0 aromatic rings. The molecule has 0 aromatic heterocycles. The summed E-state index contributed by atoms with van der Waals surface area (Å²) < 4.78 is 0. The van der Waals surface area contributed by atoms with Crippen LogP contribution in [0.1, 0.15) is 67.2 Å². The highest BCUT2D eigenvalue weighted by molar-refractivity contribution is 4.99. The van der Waals surface area contributed by atoms with Crippen molar-refractivity contribution in [3.8, 4) is 0 Å². The van der Waals surface area contributed by atoms with Gasteiger partial charge >= 0.3 is 0 Å². The Hall–Kier alpha value is -0.0800. The Bertz CT molecular complexity index is 260. The van der Waals surface area contributed by atoms with E-state index in [1.54, 1.807) is 0 Å². The van der Waals surface area contributed by atoms with E-state index in [0.717, 1.165) is 6.54 Å². The second-order valence-electron chi connectivity index (χ2n) is 8.32. The predicted octanol–water partition coefficient (Wildman–Crippen LogP) is 3.90. The molecular weight excluding hydrogens is 232 g/mol. The number of rotatable bonds is 6. The summed E-state index contributed by atoms with van der Waals surface area (Å²) in [7, 11) is 0. The van der Waals surface area contributed by atoms with Gasteiger partial charge in [0.1, 0.15) is 0 Å². The van der Waals surface area contributed by atoms with E-state index in [2.05, 4.69) is 46.4 Å². The molecule has 0 heterocycles. The number of nitrogens with two attached hydrogens (primary N) is 1. The van der Waals surface area contributed by atoms with E-state index >= 15 is 0 Å². The normalized spacial score (nSPS) is 27.5. The lowest BCUT2D eigenvalue weighted by Gasteiger charge is -2.52. The third-order valence-electron chi connectivity index (χ3n) is 4.53. The zero-order valence-electron chi connectivity index (χ0n) is 14.1. The van der Waals surface area contributed by atoms with Gasteiger partial charge in [-0.2, -0.15) is 0 Å². The molecule has 0 saturated heterocycles. The van der Waals surface area contributed by atoms with E-state index < -0.39 is 0 Å². The molecule has 1 rings (SSSR count). The van der Waals surface area contributed by atoms with Gasteiger partial charge in [0.05, 0.1) is 0 Å². The van der Waals surface area contributed by atoms with E-state index in [1.807, 2.05) is 0 Å². The third kappa shape index (κ3) is 4.75. The minimum Gasteiger partial charge on any atom is -0.329 e. The van der Waals surface area contributed by atoms with Crippen LogP contribution in [0.2, 0.25) is 0 Å². The van der Waals surface area contributed by atoms with Crippen LogP contribution in [0, 0.1) is 17.3 Å². The van der Waals surface area contributed by atoms with Gasteiger partial charge in [-0.25, -0.2) is 0 Å². The topological polar surface area (TPSA) is 29.3 Å². The van der Waals surface area contributed by atoms with Gasteiger partial charge in [0.25, 0.3) is 0 Å². The van der Waals surface area contributed by atoms with Crippen molar-refractivity contribution in [3.05, 3.63) is 0 Å². The Balaban J connectivity index is 2.92. The van der Waals surface area contributed by atoms with Gasteiger partial charge in [-0.3, -0.25) is 4.90 Å². The first kappa shape index (κ1) is 17.0. The van der Waals surface area contributed by atoms with Gasteiger partial charge in [0.2, 0.25) is 0 Å². The average Bonchev–Trinajstić information content (AvgIpc) is 2.25. The van der Waals surface area contributed by atoms with Crippen LogP contribution in [0.25, 0.3) is 0 Å². The second kappa shape index (κ2) is 6.58. The van der Waals surface area contributed by atoms with Crippen LogP contribution in [0.3, 0.4) is 0 Å². The van der Waals surface area contributed by atoms with Gasteiger partial charge in [-0.1, -0.05) is 48.0 Å². The first-order chi connectivity index (χ1) is 8.71. The van der Waals surface area contributed by atoms with Gasteiger partial charge in [0.15, 0.2) is 0 Å². The summed E-state index contributed by atoms with van der Waals surface area (Å²) in [4.78, 5) is 2.73. The molecule has 2 nitrogen and oxygen atoms in total. The van der Waals surface area contributed by atoms with E-state index in [-0.39, 0.29) is 5.54 Å². The maximum absolute atomic E-state index is 6.27. The van der Waals surface area contributed by atoms with E-state index in [4.69, 9.17) is 5.73 Å². The summed E-state index contributed by atoms with van der Waals surface area (Å²) in [6.45, 7) is 17.3. The highest BCUT2D eigenvalue weighted by Gasteiger charge is 2.43. The van der Waals surface area contributed by atoms with E-state index in [0.29, 0.717) is 17.3 Å². The largest absolute Gasteiger partial charge is 0.329 e. The summed E-state index contributed by atoms with van der Waals surface area (Å²) in [5.41, 5.74) is 6.96. The molecule has 1 fully saturated rings. The zero-order valence-corrected chi connectivity index (χ0v) is 14.1. The maximum atomic E-state index is 6.27. The minimum atomic E-state index is 0.246. The lowest BCUT2D eigenvalue weighted by molar-refractivity contribution is -0.00423. The maximum Gasteiger partial charge on any atom is 0.0337 e. The standard InChI is InChI=1S/C17H36N2/c1-14(2)10-19(11-15(3)4)17(13-18)9-7-8-16(5,6)12-17/h14-15H,7-13,18H2,1-6H3. The van der Waals surface area contributed by atoms with Crippen molar-refractivity contribution in [2.75, 3.05) is 19.6 Å². The first-order valence-corrected chi connectivity index (χ1v) is 8.16. The molecular formula is C17H36N2. The highest BCUT2D eigenvalue weighted by atomic mass is 15.2. The Morgan fingerprint density at radius 3 is 1.89 bits per heavy atom. The van der Waals surface area contributed by atoms with Crippen LogP contribution in [-0.4, -0.2) is 30.1 Å². The molecule has 0 amide bonds. The number of hydrogen-bond acceptors (Lipinski definition) is 2. The Labute approximate surface area is 121 Å². The fourth-order valence-corrected chi connectivity index (χ4v) is 3.88. The zero-order chi connectivity index (χ0) is 14.7. The summed E-state index contributed by atoms with van der Waals surface area (Å²) in [5.74, 6) is 1.43. The number of nitrogens with zero attached hydrogens (tertiary/aromatic N) is 1. The lowest BCUT2D eigenvalue weighted by atomic mass is 9.67. The highest BCUT2D eigenvalue weighted by Crippen LogP contribution is 2.44. The Kier molecular flexibility index (Phi) is 5.88. The van der Waals surface area contributed by atoms with Crippen LogP contribution in [0.5, 0.6) is 0 Å². The van der Waals surface area contributed by atoms with Crippen LogP contribution >= 0.6 is 0 Å². The van der Waals surface area contributed by atoms with Crippen molar-refractivity contribution in [1.82, 2.24) is 4.90 Å². The fraction of sp³-hybridized carbons (Fsp3) is 1.00. The third-order valence-corrected chi connectivity index (χ3v) is 4.53. The van der Waals surface area contributed by atoms with Crippen molar-refractivity contribution in [2.24, 2.45) is 23.0 Å². The number of hydrogen-bond donors (Lipinski definition) is 1. The summed E-state index contributed by atoms with van der Waals surface area (Å²) in [6.07, 6.45) is 5.23. The van der Waals surface area contributed by atoms with Crippen molar-refractivity contribution in [3.63, 3.8) is 0 Å². The molecule has 1 atom stereocenters. The molecule has 2 heteroatoms. The molecule has 1 aliphatic rings. The summed E-state index contributed by atoms with van der Waals surface area (Å²) in [6, 6.07) is 0. The second-order valence-corrected chi connectivity index (χ2v) is 8.32. The van der Waals surface area contributed by atoms with Gasteiger partial charge in [-0.05, 0) is 36.5 Å². The Morgan fingerprint density at radius 1 is 1.00 bits per heavy atom. The molecule has 0 aromatic carbocycles. The van der Waals surface area contributed by atoms with Crippen molar-refractivity contribution in [2.45, 2.75) is 72.8 Å². The SMILES string of the molecule is CC(C)CN(CC(C)C)C1(CN)CCCC(C)(C)C1. The van der Waals surface area contributed by atoms with E-state index in [1.165, 1.54) is 38.8 Å². The van der Waals surface area contributed by atoms with Crippen molar-refractivity contribution in [1.29, 1.82) is 0 Å². The molecule has 1 unspecified atom stereocenters. The summed E-state index contributed by atoms with van der Waals surface area (Å²) >= 11 is 0. The molecule has 2 N–H and O–H groups in total. The van der Waals surface area contributed by atoms with Crippen LogP contribution in [0.15, 0.2) is 0 Å². The van der Waals surface area contributed by atoms with Gasteiger partial charge in [0, 0.05) is 25.2 Å². The fourth-order valence-electron chi connectivity index (χ4n) is 3.88. The molecule has 0 aliphatic heterocycles. The summed E-state index contributed by atoms with van der Waals surface area (Å²) in [5, 5.41) is 0. The molecule has 1 aliphatic carbocycles. The average molecular weight is 268 g/mol. The monoisotopic (exact) mass is 268 g/mol. The molecule has 19 heavy (non-hydrogen) atoms. The van der Waals surface area contributed by atoms with Gasteiger partial charge in [-0.15, -0.1) is 0 Å². The molecule has 0 spiro atoms. The lowest BCUT2D eigenvalue weighted by Crippen LogP contribution is -2.59. The predicted molar refractivity (Wildman–Crippen MR) is 85.3 cm³/mol. The molecule has 1 saturated carbocycles. The Morgan fingerprint density at radius 2 is 1.53 bits per heavy atom. The van der Waals surface area contributed by atoms with Crippen LogP contribution in [-0.2, 0) is 0 Å². The molecule has 114 valence electrons.